The van der Waals surface area contributed by atoms with Crippen LogP contribution in [-0.4, -0.2) is 34.6 Å². The molecule has 1 amide bonds. The van der Waals surface area contributed by atoms with Gasteiger partial charge in [0.25, 0.3) is 11.5 Å². The van der Waals surface area contributed by atoms with Gasteiger partial charge in [0.15, 0.2) is 11.6 Å². The molecule has 4 rings (SSSR count). The lowest BCUT2D eigenvalue weighted by Crippen LogP contribution is -2.24. The van der Waals surface area contributed by atoms with Crippen LogP contribution in [0.1, 0.15) is 26.3 Å². The molecule has 0 bridgehead atoms. The first-order valence-electron chi connectivity index (χ1n) is 13.0. The summed E-state index contributed by atoms with van der Waals surface area (Å²) in [5, 5.41) is 15.7. The van der Waals surface area contributed by atoms with Crippen molar-refractivity contribution in [2.24, 2.45) is 5.41 Å². The summed E-state index contributed by atoms with van der Waals surface area (Å²) < 4.78 is 21.8. The van der Waals surface area contributed by atoms with Gasteiger partial charge in [0.05, 0.1) is 12.7 Å². The van der Waals surface area contributed by atoms with Gasteiger partial charge in [-0.25, -0.2) is 9.37 Å². The molecule has 0 unspecified atom stereocenters. The molecule has 2 aromatic carbocycles. The van der Waals surface area contributed by atoms with E-state index in [1.54, 1.807) is 49.7 Å². The van der Waals surface area contributed by atoms with E-state index < -0.39 is 17.3 Å². The Balaban J connectivity index is 1.70. The summed E-state index contributed by atoms with van der Waals surface area (Å²) in [7, 11) is 3.05. The average molecular weight is 555 g/mol. The third-order valence-corrected chi connectivity index (χ3v) is 6.28. The molecular formula is C31H31FN6O3. The van der Waals surface area contributed by atoms with Crippen LogP contribution >= 0.6 is 0 Å². The zero-order valence-electron chi connectivity index (χ0n) is 23.6. The second-order valence-corrected chi connectivity index (χ2v) is 10.5. The van der Waals surface area contributed by atoms with Gasteiger partial charge in [-0.05, 0) is 41.7 Å². The summed E-state index contributed by atoms with van der Waals surface area (Å²) in [6, 6.07) is 15.4. The summed E-state index contributed by atoms with van der Waals surface area (Å²) in [5.74, 6) is -0.754. The van der Waals surface area contributed by atoms with E-state index in [-0.39, 0.29) is 34.4 Å². The van der Waals surface area contributed by atoms with Gasteiger partial charge in [0.2, 0.25) is 5.95 Å². The Kier molecular flexibility index (Phi) is 8.48. The molecule has 0 atom stereocenters. The Morgan fingerprint density at radius 3 is 2.61 bits per heavy atom. The molecular weight excluding hydrogens is 523 g/mol. The summed E-state index contributed by atoms with van der Waals surface area (Å²) in [5.41, 5.74) is 1.31. The number of nitriles is 1. The van der Waals surface area contributed by atoms with Crippen LogP contribution in [-0.2, 0) is 17.8 Å². The van der Waals surface area contributed by atoms with Crippen LogP contribution < -0.4 is 20.9 Å². The fourth-order valence-corrected chi connectivity index (χ4v) is 4.38. The van der Waals surface area contributed by atoms with E-state index in [2.05, 4.69) is 20.6 Å². The predicted molar refractivity (Wildman–Crippen MR) is 157 cm³/mol. The molecule has 0 saturated carbocycles. The highest BCUT2D eigenvalue weighted by Gasteiger charge is 2.19. The lowest BCUT2D eigenvalue weighted by atomic mass is 9.93. The number of halogens is 1. The summed E-state index contributed by atoms with van der Waals surface area (Å²) in [6.07, 6.45) is 3.62. The number of ether oxygens (including phenoxy) is 1. The van der Waals surface area contributed by atoms with Gasteiger partial charge in [0.1, 0.15) is 17.3 Å². The van der Waals surface area contributed by atoms with Crippen molar-refractivity contribution in [2.75, 3.05) is 24.8 Å². The molecule has 0 aliphatic rings. The molecule has 10 heteroatoms. The Bertz CT molecular complexity index is 1750. The smallest absolute Gasteiger partial charge is 0.265 e. The molecule has 0 aliphatic carbocycles. The Hall–Kier alpha value is -5.04. The van der Waals surface area contributed by atoms with Crippen LogP contribution in [0.3, 0.4) is 0 Å². The molecule has 4 aromatic rings. The number of anilines is 2. The van der Waals surface area contributed by atoms with Crippen molar-refractivity contribution in [1.29, 1.82) is 5.26 Å². The average Bonchev–Trinajstić information content (AvgIpc) is 2.95. The van der Waals surface area contributed by atoms with Crippen molar-refractivity contribution in [3.63, 3.8) is 0 Å². The minimum absolute atomic E-state index is 0.0301. The van der Waals surface area contributed by atoms with Crippen molar-refractivity contribution in [3.05, 3.63) is 88.1 Å². The number of carbonyl (C=O) groups excluding carboxylic acids is 1. The fourth-order valence-electron chi connectivity index (χ4n) is 4.38. The third-order valence-electron chi connectivity index (χ3n) is 6.28. The zero-order valence-corrected chi connectivity index (χ0v) is 23.6. The van der Waals surface area contributed by atoms with Crippen LogP contribution in [0.15, 0.2) is 71.2 Å². The van der Waals surface area contributed by atoms with Crippen LogP contribution in [0.5, 0.6) is 5.75 Å². The minimum Gasteiger partial charge on any atom is -0.494 e. The number of fused-ring (bicyclic) bond motifs is 1. The van der Waals surface area contributed by atoms with Crippen LogP contribution in [0, 0.1) is 22.6 Å². The number of nitrogens with one attached hydrogen (secondary N) is 2. The van der Waals surface area contributed by atoms with Crippen molar-refractivity contribution in [2.45, 2.75) is 33.7 Å². The number of aryl methyl sites for hydroxylation is 2. The van der Waals surface area contributed by atoms with Crippen LogP contribution in [0.4, 0.5) is 16.0 Å². The minimum atomic E-state index is -0.633. The zero-order chi connectivity index (χ0) is 29.7. The maximum Gasteiger partial charge on any atom is 0.265 e. The van der Waals surface area contributed by atoms with E-state index in [0.29, 0.717) is 29.1 Å². The largest absolute Gasteiger partial charge is 0.494 e. The molecule has 41 heavy (non-hydrogen) atoms. The highest BCUT2D eigenvalue weighted by atomic mass is 19.1. The Labute approximate surface area is 237 Å². The van der Waals surface area contributed by atoms with Crippen LogP contribution in [0.2, 0.25) is 0 Å². The van der Waals surface area contributed by atoms with Gasteiger partial charge in [-0.1, -0.05) is 51.1 Å². The second kappa shape index (κ2) is 12.0. The van der Waals surface area contributed by atoms with E-state index >= 15 is 4.39 Å². The Morgan fingerprint density at radius 1 is 1.17 bits per heavy atom. The highest BCUT2D eigenvalue weighted by molar-refractivity contribution is 6.06. The van der Waals surface area contributed by atoms with E-state index in [1.165, 1.54) is 23.8 Å². The maximum absolute atomic E-state index is 15.2. The molecule has 0 saturated heterocycles. The number of hydrogen-bond acceptors (Lipinski definition) is 7. The van der Waals surface area contributed by atoms with E-state index in [9.17, 15) is 14.9 Å². The number of nitrogens with zero attached hydrogens (tertiary/aromatic N) is 4. The molecule has 0 radical (unpaired) electrons. The topological polar surface area (TPSA) is 122 Å². The number of benzene rings is 2. The third kappa shape index (κ3) is 6.58. The SMILES string of the molecule is CNc1ncc2cc(-c3cccc(OC)c3F)c(=O)n(CCc3cccc(NC(=O)/C(C#N)=C/C(C)(C)C)c3)c2n1. The van der Waals surface area contributed by atoms with Gasteiger partial charge < -0.3 is 15.4 Å². The van der Waals surface area contributed by atoms with E-state index in [0.717, 1.165) is 5.56 Å². The molecule has 210 valence electrons. The first kappa shape index (κ1) is 29.0. The molecule has 0 aliphatic heterocycles. The molecule has 0 spiro atoms. The number of methoxy groups -OCH3 is 1. The standard InChI is InChI=1S/C31H31FN6O3/c1-31(2,3)16-21(17-33)28(39)36-22-9-6-8-19(14-22)12-13-38-27-20(18-35-30(34-4)37-27)15-24(29(38)40)23-10-7-11-25(41-5)26(23)32/h6-11,14-16,18H,12-13H2,1-5H3,(H,36,39)(H,34,35,37)/b21-16+. The lowest BCUT2D eigenvalue weighted by molar-refractivity contribution is -0.112. The molecule has 0 fully saturated rings. The van der Waals surface area contributed by atoms with E-state index in [4.69, 9.17) is 4.74 Å². The van der Waals surface area contributed by atoms with Gasteiger partial charge in [-0.3, -0.25) is 14.2 Å². The first-order chi connectivity index (χ1) is 19.5. The van der Waals surface area contributed by atoms with Gasteiger partial charge in [0, 0.05) is 36.4 Å². The first-order valence-corrected chi connectivity index (χ1v) is 13.0. The lowest BCUT2D eigenvalue weighted by Gasteiger charge is -2.15. The number of amides is 1. The van der Waals surface area contributed by atoms with Crippen LogP contribution in [0.25, 0.3) is 22.2 Å². The normalized spacial score (nSPS) is 11.7. The van der Waals surface area contributed by atoms with Crippen molar-refractivity contribution < 1.29 is 13.9 Å². The predicted octanol–water partition coefficient (Wildman–Crippen LogP) is 5.33. The second-order valence-electron chi connectivity index (χ2n) is 10.5. The number of rotatable bonds is 8. The van der Waals surface area contributed by atoms with Gasteiger partial charge in [-0.15, -0.1) is 0 Å². The quantitative estimate of drug-likeness (QED) is 0.223. The van der Waals surface area contributed by atoms with Crippen molar-refractivity contribution in [1.82, 2.24) is 14.5 Å². The number of carbonyl (C=O) groups is 1. The van der Waals surface area contributed by atoms with Gasteiger partial charge >= 0.3 is 0 Å². The monoisotopic (exact) mass is 554 g/mol. The summed E-state index contributed by atoms with van der Waals surface area (Å²) in [6.45, 7) is 5.95. The molecule has 2 aromatic heterocycles. The number of pyridine rings is 1. The highest BCUT2D eigenvalue weighted by Crippen LogP contribution is 2.29. The molecule has 2 N–H and O–H groups in total. The van der Waals surface area contributed by atoms with Crippen molar-refractivity contribution >= 4 is 28.6 Å². The maximum atomic E-state index is 15.2. The summed E-state index contributed by atoms with van der Waals surface area (Å²) >= 11 is 0. The summed E-state index contributed by atoms with van der Waals surface area (Å²) in [4.78, 5) is 35.2. The van der Waals surface area contributed by atoms with Gasteiger partial charge in [-0.2, -0.15) is 10.2 Å². The fraction of sp³-hybridized carbons (Fsp3) is 0.258. The number of allylic oxidation sites excluding steroid dienone is 1. The van der Waals surface area contributed by atoms with Crippen molar-refractivity contribution in [3.8, 4) is 22.9 Å². The molecule has 2 heterocycles. The molecule has 9 nitrogen and oxygen atoms in total. The Morgan fingerprint density at radius 2 is 1.93 bits per heavy atom. The van der Waals surface area contributed by atoms with E-state index in [1.807, 2.05) is 32.9 Å². The number of hydrogen-bond donors (Lipinski definition) is 2. The number of aromatic nitrogens is 3.